The van der Waals surface area contributed by atoms with Crippen LogP contribution in [-0.4, -0.2) is 185 Å². The average molecular weight is 1860 g/mol. The Morgan fingerprint density at radius 2 is 0.708 bits per heavy atom. The number of Topliss-reactive ketones (excluding diaryl/α,β-unsaturated/α-hetero) is 4. The van der Waals surface area contributed by atoms with Gasteiger partial charge in [-0.1, -0.05) is 158 Å². The largest absolute Gasteiger partial charge is 0.480 e. The molecule has 16 rings (SSSR count). The molecule has 4 aliphatic carbocycles. The van der Waals surface area contributed by atoms with Gasteiger partial charge in [0.25, 0.3) is 0 Å². The van der Waals surface area contributed by atoms with Gasteiger partial charge in [0.05, 0.1) is 48.2 Å². The zero-order valence-corrected chi connectivity index (χ0v) is 82.3. The number of hydrogen-bond donors (Lipinski definition) is 6. The molecule has 0 saturated carbocycles. The van der Waals surface area contributed by atoms with Crippen molar-refractivity contribution in [2.75, 3.05) is 100 Å². The number of carboxylic acids is 1. The number of rotatable bonds is 31. The third-order valence-electron chi connectivity index (χ3n) is 29.1. The highest BCUT2D eigenvalue weighted by molar-refractivity contribution is 5.97. The van der Waals surface area contributed by atoms with Gasteiger partial charge in [0.15, 0.2) is 23.3 Å². The van der Waals surface area contributed by atoms with Crippen LogP contribution in [0, 0.1) is 71.0 Å². The second-order valence-electron chi connectivity index (χ2n) is 41.6. The Kier molecular flexibility index (Phi) is 34.6. The van der Waals surface area contributed by atoms with E-state index >= 15 is 0 Å². The lowest BCUT2D eigenvalue weighted by Gasteiger charge is -2.39. The van der Waals surface area contributed by atoms with E-state index in [0.717, 1.165) is 192 Å². The van der Waals surface area contributed by atoms with Crippen LogP contribution in [0.25, 0.3) is 22.3 Å². The molecule has 0 bridgehead atoms. The van der Waals surface area contributed by atoms with E-state index in [1.54, 1.807) is 7.11 Å². The van der Waals surface area contributed by atoms with Gasteiger partial charge >= 0.3 is 5.97 Å². The maximum Gasteiger partial charge on any atom is 0.329 e. The maximum absolute atomic E-state index is 13.1. The van der Waals surface area contributed by atoms with Crippen LogP contribution in [0.2, 0.25) is 0 Å². The highest BCUT2D eigenvalue weighted by atomic mass is 16.5. The quantitative estimate of drug-likeness (QED) is 0.0134. The zero-order chi connectivity index (χ0) is 97.8. The molecule has 0 amide bonds. The number of nitrogens with zero attached hydrogens (tertiary/aromatic N) is 5. The van der Waals surface area contributed by atoms with Crippen molar-refractivity contribution in [2.24, 2.45) is 21.7 Å². The van der Waals surface area contributed by atoms with E-state index < -0.39 is 17.2 Å². The minimum Gasteiger partial charge on any atom is -0.480 e. The van der Waals surface area contributed by atoms with Crippen LogP contribution in [-0.2, 0) is 85.9 Å². The number of allylic oxidation sites excluding steroid dienone is 8. The van der Waals surface area contributed by atoms with Crippen molar-refractivity contribution in [3.05, 3.63) is 235 Å². The summed E-state index contributed by atoms with van der Waals surface area (Å²) in [5.74, 6) is 9.76. The number of carboxylic acid groups (broad SMARTS) is 1. The van der Waals surface area contributed by atoms with E-state index in [0.29, 0.717) is 124 Å². The van der Waals surface area contributed by atoms with Gasteiger partial charge in [-0.15, -0.1) is 25.7 Å². The van der Waals surface area contributed by atoms with Gasteiger partial charge in [0.1, 0.15) is 29.4 Å². The van der Waals surface area contributed by atoms with E-state index in [4.69, 9.17) is 58.9 Å². The zero-order valence-electron chi connectivity index (χ0n) is 82.3. The van der Waals surface area contributed by atoms with Gasteiger partial charge in [-0.2, -0.15) is 0 Å². The van der Waals surface area contributed by atoms with Crippen LogP contribution in [0.4, 0.5) is 0 Å². The van der Waals surface area contributed by atoms with Crippen molar-refractivity contribution in [1.82, 2.24) is 44.8 Å². The number of aliphatic hydroxyl groups is 1. The number of carbonyl (C=O) groups is 5. The molecule has 137 heavy (non-hydrogen) atoms. The summed E-state index contributed by atoms with van der Waals surface area (Å²) in [7, 11) is 5.89. The number of methoxy groups -OCH3 is 1. The molecule has 8 aromatic rings. The smallest absolute Gasteiger partial charge is 0.329 e. The summed E-state index contributed by atoms with van der Waals surface area (Å²) in [5, 5.41) is 20.5. The molecule has 4 aromatic carbocycles. The first kappa shape index (κ1) is 103. The van der Waals surface area contributed by atoms with E-state index in [2.05, 4.69) is 211 Å². The maximum atomic E-state index is 13.1. The van der Waals surface area contributed by atoms with Crippen molar-refractivity contribution in [3.8, 4) is 49.4 Å². The molecule has 4 aliphatic heterocycles. The average Bonchev–Trinajstić information content (AvgIpc) is 1.04. The van der Waals surface area contributed by atoms with Gasteiger partial charge in [0.2, 0.25) is 23.1 Å². The van der Waals surface area contributed by atoms with E-state index in [1.165, 1.54) is 63.8 Å². The Morgan fingerprint density at radius 3 is 1.01 bits per heavy atom. The predicted octanol–water partition coefficient (Wildman–Crippen LogP) is 19.8. The summed E-state index contributed by atoms with van der Waals surface area (Å²) in [6.45, 7) is 25.4. The van der Waals surface area contributed by atoms with E-state index in [-0.39, 0.29) is 82.5 Å². The standard InChI is InChI=1S/C30H39N3O3.C30H38N2O3.C28H32N2O5.C26H30N2O3/c1-6-25-21-31-28(32-25)27(34)19-23-7-8-24(20-26(23)22-9-11-29(2,3)12-10-22)30(13-16-35-17-14-30)36-18-15-33(4)5;1-5-25-21-31-28(32-25)27(33)19-23-7-8-24(20-26(23)22-9-12-29(2,3)13-10-22)30(11-6-16-34-4)14-17-35-18-15-30;1-4-22-17-29-26(30-22)24(31)15-20-5-6-21(16-23(20)19-7-9-27(2,3)10-8-19)28(35-18-25(32)33)11-13-34-14-12-28;1-4-21-17-27-24(28-21)23(29)15-19-5-6-20(26(30)11-13-31-14-12-26)16-22(19)18-7-9-25(2,3)10-8-18/h1,7-9,20-21H,10-19H2,2-5H3,(H,31,32);1,7-9,20-21H,6,10-19H2,2-4H3,(H,31,32);1,5-7,16-17H,8-15,18H2,2-3H3,(H,29,30)(H,32,33);1,5-7,16-17,30H,8-15H2,2-3H3,(H,27,28). The monoisotopic (exact) mass is 1860 g/mol. The summed E-state index contributed by atoms with van der Waals surface area (Å²) >= 11 is 0. The number of carbonyl (C=O) groups excluding carboxylic acids is 4. The number of likely N-dealkylation sites (N-methyl/N-ethyl adjacent to an activating group) is 1. The second-order valence-corrected chi connectivity index (χ2v) is 41.6. The lowest BCUT2D eigenvalue weighted by atomic mass is 9.69. The molecule has 4 saturated heterocycles. The van der Waals surface area contributed by atoms with Crippen molar-refractivity contribution in [2.45, 2.75) is 245 Å². The number of H-pyrrole nitrogens is 4. The molecule has 4 fully saturated rings. The molecule has 0 unspecified atom stereocenters. The van der Waals surface area contributed by atoms with Crippen molar-refractivity contribution >= 4 is 51.4 Å². The molecule has 0 atom stereocenters. The van der Waals surface area contributed by atoms with Gasteiger partial charge in [-0.3, -0.25) is 19.2 Å². The lowest BCUT2D eigenvalue weighted by molar-refractivity contribution is -0.159. The molecule has 0 radical (unpaired) electrons. The molecule has 724 valence electrons. The number of benzene rings is 4. The Bertz CT molecular complexity index is 5920. The molecule has 23 heteroatoms. The minimum atomic E-state index is -1.000. The molecule has 8 heterocycles. The number of imidazole rings is 4. The Balaban J connectivity index is 0.000000155. The number of aromatic amines is 4. The number of hydrogen-bond acceptors (Lipinski definition) is 18. The molecular weight excluding hydrogens is 1720 g/mol. The van der Waals surface area contributed by atoms with Crippen molar-refractivity contribution in [1.29, 1.82) is 0 Å². The summed E-state index contributed by atoms with van der Waals surface area (Å²) in [4.78, 5) is 93.9. The Hall–Kier alpha value is -11.3. The number of aromatic nitrogens is 8. The molecule has 23 nitrogen and oxygen atoms in total. The summed E-state index contributed by atoms with van der Waals surface area (Å²) in [6.07, 6.45) is 58.5. The normalized spacial score (nSPS) is 19.2. The topological polar surface area (TPSA) is 308 Å². The summed E-state index contributed by atoms with van der Waals surface area (Å²) in [5.41, 5.74) is 19.1. The minimum absolute atomic E-state index is 0.0434. The van der Waals surface area contributed by atoms with E-state index in [1.807, 2.05) is 24.3 Å². The lowest BCUT2D eigenvalue weighted by Crippen LogP contribution is -2.38. The van der Waals surface area contributed by atoms with Gasteiger partial charge in [-0.05, 0) is 251 Å². The highest BCUT2D eigenvalue weighted by Gasteiger charge is 2.42. The van der Waals surface area contributed by atoms with E-state index in [9.17, 15) is 34.2 Å². The first-order valence-electron chi connectivity index (χ1n) is 48.8. The van der Waals surface area contributed by atoms with Crippen LogP contribution < -0.4 is 0 Å². The fourth-order valence-electron chi connectivity index (χ4n) is 19.8. The summed E-state index contributed by atoms with van der Waals surface area (Å²) in [6, 6.07) is 25.4. The van der Waals surface area contributed by atoms with Crippen molar-refractivity contribution in [3.63, 3.8) is 0 Å². The first-order chi connectivity index (χ1) is 65.6. The number of ketones is 4. The van der Waals surface area contributed by atoms with Crippen molar-refractivity contribution < 1.29 is 67.3 Å². The predicted molar refractivity (Wildman–Crippen MR) is 535 cm³/mol. The van der Waals surface area contributed by atoms with Crippen LogP contribution in [0.3, 0.4) is 0 Å². The van der Waals surface area contributed by atoms with Crippen LogP contribution in [0.1, 0.15) is 329 Å². The number of ether oxygens (including phenoxy) is 7. The number of terminal acetylenes is 4. The molecule has 4 aromatic heterocycles. The fraction of sp³-hybridized carbons (Fsp3) is 0.500. The second kappa shape index (κ2) is 46.0. The highest BCUT2D eigenvalue weighted by Crippen LogP contribution is 2.49. The molecule has 8 aliphatic rings. The first-order valence-corrected chi connectivity index (χ1v) is 48.8. The van der Waals surface area contributed by atoms with Crippen LogP contribution >= 0.6 is 0 Å². The summed E-state index contributed by atoms with van der Waals surface area (Å²) < 4.78 is 40.4. The SMILES string of the molecule is C#Cc1cnc(C(=O)Cc2ccc(C3(CCCOC)CCOCC3)cc2C2=CCC(C)(C)CC2)[nH]1.C#Cc1cnc(C(=O)Cc2ccc(C3(O)CCOCC3)cc2C2=CCC(C)(C)CC2)[nH]1.C#Cc1cnc(C(=O)Cc2ccc(C3(OCC(=O)O)CCOCC3)cc2C2=CCC(C)(C)CC2)[nH]1.C#Cc1cnc(C(=O)Cc2ccc(C3(OCCN(C)C)CCOCC3)cc2C2=CCC(C)(C)CC2)[nH]1. The third kappa shape index (κ3) is 27.0. The number of aliphatic carboxylic acids is 1. The van der Waals surface area contributed by atoms with Crippen LogP contribution in [0.15, 0.2) is 122 Å². The molecule has 0 spiro atoms. The number of nitrogens with one attached hydrogen (secondary N) is 4. The molecular formula is C114H139N9O14. The van der Waals surface area contributed by atoms with Gasteiger partial charge in [-0.25, -0.2) is 24.7 Å². The fourth-order valence-corrected chi connectivity index (χ4v) is 19.8. The van der Waals surface area contributed by atoms with Crippen LogP contribution in [0.5, 0.6) is 0 Å². The molecule has 6 N–H and O–H groups in total. The third-order valence-corrected chi connectivity index (χ3v) is 29.1. The van der Waals surface area contributed by atoms with Gasteiger partial charge in [0, 0.05) is 137 Å². The Labute approximate surface area is 809 Å². The Morgan fingerprint density at radius 1 is 0.409 bits per heavy atom. The van der Waals surface area contributed by atoms with Gasteiger partial charge < -0.3 is 68.2 Å².